The molecule has 8 heteroatoms. The molecule has 1 aliphatic heterocycles. The topological polar surface area (TPSA) is 47.6 Å². The minimum absolute atomic E-state index is 0.0740. The molecule has 1 saturated heterocycles. The summed E-state index contributed by atoms with van der Waals surface area (Å²) in [4.78, 5) is 10.8. The number of aromatic nitrogens is 4. The third kappa shape index (κ3) is 3.73. The summed E-state index contributed by atoms with van der Waals surface area (Å²) in [6, 6.07) is 6.50. The Bertz CT molecular complexity index is 1210. The second-order valence-electron chi connectivity index (χ2n) is 8.05. The number of fused-ring (bicyclic) bond motifs is 1. The molecule has 1 atom stereocenters. The van der Waals surface area contributed by atoms with Crippen molar-refractivity contribution in [1.29, 1.82) is 0 Å². The molecular formula is C23H23F2N5O. The number of likely N-dealkylation sites (N-methyl/N-ethyl adjacent to an activating group) is 1. The number of morpholine rings is 1. The largest absolute Gasteiger partial charge is 0.375 e. The SMILES string of the molecule is Cc1ccn2c(CC3CN(C)CCO3)c(-c3c(F)cc(-n4ccnc4)cc3F)nc2c1. The fourth-order valence-electron chi connectivity index (χ4n) is 4.15. The van der Waals surface area contributed by atoms with E-state index >= 15 is 8.78 Å². The molecule has 4 heterocycles. The zero-order chi connectivity index (χ0) is 21.5. The van der Waals surface area contributed by atoms with Gasteiger partial charge in [-0.25, -0.2) is 18.7 Å². The standard InChI is InChI=1S/C23H23F2N5O/c1-15-3-5-30-20(12-17-13-28(2)7-8-31-17)23(27-21(30)9-15)22-18(24)10-16(11-19(22)25)29-6-4-26-14-29/h3-6,9-11,14,17H,7-8,12-13H2,1-2H3. The van der Waals surface area contributed by atoms with E-state index in [2.05, 4.69) is 14.9 Å². The van der Waals surface area contributed by atoms with Crippen molar-refractivity contribution in [3.63, 3.8) is 0 Å². The zero-order valence-corrected chi connectivity index (χ0v) is 17.4. The van der Waals surface area contributed by atoms with Crippen molar-refractivity contribution in [1.82, 2.24) is 23.8 Å². The van der Waals surface area contributed by atoms with Crippen molar-refractivity contribution >= 4 is 5.65 Å². The summed E-state index contributed by atoms with van der Waals surface area (Å²) < 4.78 is 39.9. The summed E-state index contributed by atoms with van der Waals surface area (Å²) in [6.07, 6.45) is 7.04. The summed E-state index contributed by atoms with van der Waals surface area (Å²) in [5.41, 5.74) is 2.99. The smallest absolute Gasteiger partial charge is 0.137 e. The van der Waals surface area contributed by atoms with E-state index in [1.165, 1.54) is 18.5 Å². The van der Waals surface area contributed by atoms with Gasteiger partial charge in [0.15, 0.2) is 0 Å². The minimum atomic E-state index is -0.660. The Balaban J connectivity index is 1.64. The molecule has 0 N–H and O–H groups in total. The van der Waals surface area contributed by atoms with Crippen LogP contribution in [0.15, 0.2) is 49.2 Å². The highest BCUT2D eigenvalue weighted by Gasteiger charge is 2.26. The summed E-state index contributed by atoms with van der Waals surface area (Å²) >= 11 is 0. The first-order chi connectivity index (χ1) is 15.0. The zero-order valence-electron chi connectivity index (χ0n) is 17.4. The fourth-order valence-corrected chi connectivity index (χ4v) is 4.15. The number of nitrogens with zero attached hydrogens (tertiary/aromatic N) is 5. The van der Waals surface area contributed by atoms with Crippen LogP contribution in [0.5, 0.6) is 0 Å². The highest BCUT2D eigenvalue weighted by atomic mass is 19.1. The molecule has 0 spiro atoms. The Labute approximate surface area is 178 Å². The van der Waals surface area contributed by atoms with Gasteiger partial charge in [0, 0.05) is 38.1 Å². The number of ether oxygens (including phenoxy) is 1. The van der Waals surface area contributed by atoms with Crippen LogP contribution >= 0.6 is 0 Å². The van der Waals surface area contributed by atoms with Gasteiger partial charge in [-0.15, -0.1) is 0 Å². The molecule has 0 amide bonds. The van der Waals surface area contributed by atoms with Crippen molar-refractivity contribution in [3.05, 3.63) is 72.1 Å². The number of aryl methyl sites for hydroxylation is 1. The molecular weight excluding hydrogens is 400 g/mol. The Morgan fingerprint density at radius 3 is 2.68 bits per heavy atom. The molecule has 0 saturated carbocycles. The fraction of sp³-hybridized carbons (Fsp3) is 0.304. The number of benzene rings is 1. The van der Waals surface area contributed by atoms with E-state index in [-0.39, 0.29) is 11.7 Å². The molecule has 1 fully saturated rings. The van der Waals surface area contributed by atoms with Crippen molar-refractivity contribution in [3.8, 4) is 16.9 Å². The van der Waals surface area contributed by atoms with Crippen LogP contribution in [0.1, 0.15) is 11.3 Å². The molecule has 31 heavy (non-hydrogen) atoms. The first kappa shape index (κ1) is 19.8. The van der Waals surface area contributed by atoms with Gasteiger partial charge in [-0.3, -0.25) is 0 Å². The molecule has 0 bridgehead atoms. The Morgan fingerprint density at radius 1 is 1.16 bits per heavy atom. The first-order valence-corrected chi connectivity index (χ1v) is 10.2. The van der Waals surface area contributed by atoms with Gasteiger partial charge in [-0.05, 0) is 43.8 Å². The molecule has 0 radical (unpaired) electrons. The van der Waals surface area contributed by atoms with Gasteiger partial charge < -0.3 is 18.6 Å². The monoisotopic (exact) mass is 423 g/mol. The van der Waals surface area contributed by atoms with Gasteiger partial charge in [0.05, 0.1) is 41.7 Å². The number of hydrogen-bond donors (Lipinski definition) is 0. The molecule has 6 nitrogen and oxygen atoms in total. The lowest BCUT2D eigenvalue weighted by molar-refractivity contribution is -0.0190. The van der Waals surface area contributed by atoms with E-state index < -0.39 is 11.6 Å². The Kier molecular flexibility index (Phi) is 5.03. The third-order valence-electron chi connectivity index (χ3n) is 5.71. The lowest BCUT2D eigenvalue weighted by Crippen LogP contribution is -2.41. The summed E-state index contributed by atoms with van der Waals surface area (Å²) in [7, 11) is 2.04. The number of hydrogen-bond acceptors (Lipinski definition) is 4. The van der Waals surface area contributed by atoms with Crippen molar-refractivity contribution in [2.45, 2.75) is 19.4 Å². The second-order valence-corrected chi connectivity index (χ2v) is 8.05. The Morgan fingerprint density at radius 2 is 1.97 bits per heavy atom. The lowest BCUT2D eigenvalue weighted by Gasteiger charge is -2.30. The number of imidazole rings is 2. The van der Waals surface area contributed by atoms with Gasteiger partial charge in [0.2, 0.25) is 0 Å². The van der Waals surface area contributed by atoms with Crippen LogP contribution in [0.3, 0.4) is 0 Å². The molecule has 160 valence electrons. The normalized spacial score (nSPS) is 17.5. The predicted molar refractivity (Wildman–Crippen MR) is 113 cm³/mol. The highest BCUT2D eigenvalue weighted by molar-refractivity contribution is 5.69. The van der Waals surface area contributed by atoms with Crippen LogP contribution in [0.2, 0.25) is 0 Å². The van der Waals surface area contributed by atoms with Crippen LogP contribution < -0.4 is 0 Å². The third-order valence-corrected chi connectivity index (χ3v) is 5.71. The Hall–Kier alpha value is -3.10. The van der Waals surface area contributed by atoms with Crippen LogP contribution in [0, 0.1) is 18.6 Å². The average Bonchev–Trinajstić information content (AvgIpc) is 3.36. The molecule has 3 aromatic heterocycles. The number of halogens is 2. The van der Waals surface area contributed by atoms with Crippen molar-refractivity contribution in [2.24, 2.45) is 0 Å². The molecule has 0 aliphatic carbocycles. The summed E-state index contributed by atoms with van der Waals surface area (Å²) in [6.45, 7) is 4.22. The van der Waals surface area contributed by atoms with Crippen LogP contribution in [0.4, 0.5) is 8.78 Å². The minimum Gasteiger partial charge on any atom is -0.375 e. The molecule has 5 rings (SSSR count). The second kappa shape index (κ2) is 7.86. The average molecular weight is 423 g/mol. The van der Waals surface area contributed by atoms with E-state index in [1.807, 2.05) is 36.7 Å². The van der Waals surface area contributed by atoms with Crippen LogP contribution in [-0.4, -0.2) is 56.7 Å². The molecule has 1 aromatic carbocycles. The van der Waals surface area contributed by atoms with E-state index in [9.17, 15) is 0 Å². The maximum Gasteiger partial charge on any atom is 0.137 e. The lowest BCUT2D eigenvalue weighted by atomic mass is 10.0. The molecule has 1 aliphatic rings. The predicted octanol–water partition coefficient (Wildman–Crippen LogP) is 3.65. The van der Waals surface area contributed by atoms with Gasteiger partial charge in [0.25, 0.3) is 0 Å². The van der Waals surface area contributed by atoms with E-state index in [0.29, 0.717) is 30.1 Å². The van der Waals surface area contributed by atoms with E-state index in [4.69, 9.17) is 4.74 Å². The maximum absolute atomic E-state index is 15.3. The summed E-state index contributed by atoms with van der Waals surface area (Å²) in [5.74, 6) is -1.32. The van der Waals surface area contributed by atoms with Crippen LogP contribution in [0.25, 0.3) is 22.6 Å². The first-order valence-electron chi connectivity index (χ1n) is 10.2. The quantitative estimate of drug-likeness (QED) is 0.503. The van der Waals surface area contributed by atoms with E-state index in [1.54, 1.807) is 17.0 Å². The van der Waals surface area contributed by atoms with Crippen molar-refractivity contribution in [2.75, 3.05) is 26.7 Å². The van der Waals surface area contributed by atoms with Gasteiger partial charge >= 0.3 is 0 Å². The van der Waals surface area contributed by atoms with E-state index in [0.717, 1.165) is 24.3 Å². The number of rotatable bonds is 4. The van der Waals surface area contributed by atoms with Crippen LogP contribution in [-0.2, 0) is 11.2 Å². The van der Waals surface area contributed by atoms with Gasteiger partial charge in [-0.1, -0.05) is 0 Å². The van der Waals surface area contributed by atoms with Gasteiger partial charge in [-0.2, -0.15) is 0 Å². The van der Waals surface area contributed by atoms with Crippen molar-refractivity contribution < 1.29 is 13.5 Å². The number of pyridine rings is 1. The highest BCUT2D eigenvalue weighted by Crippen LogP contribution is 2.32. The molecule has 1 unspecified atom stereocenters. The molecule has 4 aromatic rings. The summed E-state index contributed by atoms with van der Waals surface area (Å²) in [5, 5.41) is 0. The maximum atomic E-state index is 15.3. The van der Waals surface area contributed by atoms with Gasteiger partial charge in [0.1, 0.15) is 17.3 Å².